The maximum absolute atomic E-state index is 12.8. The molecule has 0 radical (unpaired) electrons. The molecule has 2 nitrogen and oxygen atoms in total. The zero-order valence-electron chi connectivity index (χ0n) is 11.0. The molecule has 1 aliphatic carbocycles. The van der Waals surface area contributed by atoms with Crippen molar-refractivity contribution in [1.29, 1.82) is 5.26 Å². The van der Waals surface area contributed by atoms with Gasteiger partial charge in [0.1, 0.15) is 5.82 Å². The van der Waals surface area contributed by atoms with Gasteiger partial charge in [-0.25, -0.2) is 4.39 Å². The van der Waals surface area contributed by atoms with Crippen molar-refractivity contribution >= 4 is 5.69 Å². The molecule has 1 aliphatic rings. The Balaban J connectivity index is 1.68. The molecule has 0 aromatic heterocycles. The van der Waals surface area contributed by atoms with Crippen LogP contribution in [0, 0.1) is 17.1 Å². The van der Waals surface area contributed by atoms with Crippen molar-refractivity contribution in [2.75, 3.05) is 5.32 Å². The molecule has 0 aliphatic heterocycles. The largest absolute Gasteiger partial charge is 0.382 e. The lowest BCUT2D eigenvalue weighted by molar-refractivity contribution is 0.289. The van der Waals surface area contributed by atoms with Gasteiger partial charge in [0, 0.05) is 11.7 Å². The van der Waals surface area contributed by atoms with Gasteiger partial charge in [-0.1, -0.05) is 30.3 Å². The van der Waals surface area contributed by atoms with Gasteiger partial charge in [0.2, 0.25) is 0 Å². The van der Waals surface area contributed by atoms with Crippen molar-refractivity contribution in [3.8, 4) is 6.07 Å². The molecule has 0 spiro atoms. The molecular weight excluding hydrogens is 251 g/mol. The zero-order valence-corrected chi connectivity index (χ0v) is 11.0. The lowest BCUT2D eigenvalue weighted by atomic mass is 9.62. The highest BCUT2D eigenvalue weighted by Gasteiger charge is 2.46. The average molecular weight is 266 g/mol. The summed E-state index contributed by atoms with van der Waals surface area (Å²) in [6, 6.07) is 19.0. The Kier molecular flexibility index (Phi) is 3.15. The van der Waals surface area contributed by atoms with Crippen LogP contribution >= 0.6 is 0 Å². The fourth-order valence-corrected chi connectivity index (χ4v) is 2.81. The van der Waals surface area contributed by atoms with Gasteiger partial charge in [-0.15, -0.1) is 0 Å². The molecule has 100 valence electrons. The van der Waals surface area contributed by atoms with Crippen LogP contribution in [0.4, 0.5) is 10.1 Å². The standard InChI is InChI=1S/C17H15FN2/c18-14-6-8-15(9-7-14)20-16-10-17(11-16,12-19)13-4-2-1-3-5-13/h1-9,16,20H,10-11H2. The topological polar surface area (TPSA) is 35.8 Å². The number of benzene rings is 2. The fraction of sp³-hybridized carbons (Fsp3) is 0.235. The Bertz CT molecular complexity index is 622. The van der Waals surface area contributed by atoms with Crippen molar-refractivity contribution in [3.05, 3.63) is 66.0 Å². The van der Waals surface area contributed by atoms with E-state index in [0.717, 1.165) is 24.1 Å². The molecule has 1 fully saturated rings. The highest BCUT2D eigenvalue weighted by atomic mass is 19.1. The number of nitrogens with zero attached hydrogens (tertiary/aromatic N) is 1. The number of hydrogen-bond donors (Lipinski definition) is 1. The molecule has 0 atom stereocenters. The van der Waals surface area contributed by atoms with E-state index in [9.17, 15) is 9.65 Å². The molecule has 0 heterocycles. The van der Waals surface area contributed by atoms with E-state index in [4.69, 9.17) is 0 Å². The quantitative estimate of drug-likeness (QED) is 0.915. The minimum atomic E-state index is -0.376. The van der Waals surface area contributed by atoms with E-state index < -0.39 is 0 Å². The Hall–Kier alpha value is -2.34. The lowest BCUT2D eigenvalue weighted by Gasteiger charge is -2.43. The minimum Gasteiger partial charge on any atom is -0.382 e. The average Bonchev–Trinajstić information content (AvgIpc) is 2.45. The molecule has 0 bridgehead atoms. The van der Waals surface area contributed by atoms with Crippen LogP contribution in [-0.2, 0) is 5.41 Å². The second kappa shape index (κ2) is 4.97. The van der Waals surface area contributed by atoms with Gasteiger partial charge in [-0.05, 0) is 42.7 Å². The number of nitrogens with one attached hydrogen (secondary N) is 1. The lowest BCUT2D eigenvalue weighted by Crippen LogP contribution is -2.47. The molecule has 2 aromatic rings. The molecule has 0 unspecified atom stereocenters. The van der Waals surface area contributed by atoms with E-state index in [1.54, 1.807) is 12.1 Å². The number of halogens is 1. The minimum absolute atomic E-state index is 0.236. The van der Waals surface area contributed by atoms with Crippen LogP contribution in [0.25, 0.3) is 0 Å². The molecule has 1 saturated carbocycles. The van der Waals surface area contributed by atoms with Crippen LogP contribution in [0.15, 0.2) is 54.6 Å². The third kappa shape index (κ3) is 2.25. The number of nitriles is 1. The maximum atomic E-state index is 12.8. The van der Waals surface area contributed by atoms with Crippen molar-refractivity contribution in [2.45, 2.75) is 24.3 Å². The van der Waals surface area contributed by atoms with Crippen LogP contribution in [0.1, 0.15) is 18.4 Å². The summed E-state index contributed by atoms with van der Waals surface area (Å²) in [6.45, 7) is 0. The number of anilines is 1. The van der Waals surface area contributed by atoms with E-state index in [0.29, 0.717) is 0 Å². The van der Waals surface area contributed by atoms with Gasteiger partial charge < -0.3 is 5.32 Å². The Morgan fingerprint density at radius 1 is 1.05 bits per heavy atom. The highest BCUT2D eigenvalue weighted by molar-refractivity contribution is 5.47. The van der Waals surface area contributed by atoms with Crippen LogP contribution in [0.3, 0.4) is 0 Å². The summed E-state index contributed by atoms with van der Waals surface area (Å²) in [7, 11) is 0. The van der Waals surface area contributed by atoms with E-state index >= 15 is 0 Å². The highest BCUT2D eigenvalue weighted by Crippen LogP contribution is 2.44. The Labute approximate surface area is 117 Å². The smallest absolute Gasteiger partial charge is 0.123 e. The number of rotatable bonds is 3. The van der Waals surface area contributed by atoms with Crippen molar-refractivity contribution < 1.29 is 4.39 Å². The van der Waals surface area contributed by atoms with Gasteiger partial charge in [0.15, 0.2) is 0 Å². The van der Waals surface area contributed by atoms with Crippen LogP contribution in [-0.4, -0.2) is 6.04 Å². The SMILES string of the molecule is N#CC1(c2ccccc2)CC(Nc2ccc(F)cc2)C1. The Morgan fingerprint density at radius 3 is 2.30 bits per heavy atom. The summed E-state index contributed by atoms with van der Waals surface area (Å²) in [6.07, 6.45) is 1.57. The van der Waals surface area contributed by atoms with E-state index in [-0.39, 0.29) is 17.3 Å². The number of hydrogen-bond acceptors (Lipinski definition) is 2. The van der Waals surface area contributed by atoms with E-state index in [2.05, 4.69) is 11.4 Å². The van der Waals surface area contributed by atoms with Crippen molar-refractivity contribution in [2.24, 2.45) is 0 Å². The summed E-state index contributed by atoms with van der Waals surface area (Å²) in [5, 5.41) is 12.8. The molecule has 0 amide bonds. The molecule has 0 saturated heterocycles. The van der Waals surface area contributed by atoms with Gasteiger partial charge in [-0.3, -0.25) is 0 Å². The molecule has 20 heavy (non-hydrogen) atoms. The monoisotopic (exact) mass is 266 g/mol. The van der Waals surface area contributed by atoms with Gasteiger partial charge in [-0.2, -0.15) is 5.26 Å². The predicted octanol–water partition coefficient (Wildman–Crippen LogP) is 3.86. The molecule has 1 N–H and O–H groups in total. The summed E-state index contributed by atoms with van der Waals surface area (Å²) in [4.78, 5) is 0. The Morgan fingerprint density at radius 2 is 1.70 bits per heavy atom. The molecule has 2 aromatic carbocycles. The summed E-state index contributed by atoms with van der Waals surface area (Å²) in [5.74, 6) is -0.236. The van der Waals surface area contributed by atoms with Gasteiger partial charge >= 0.3 is 0 Å². The first-order valence-corrected chi connectivity index (χ1v) is 6.71. The van der Waals surface area contributed by atoms with Crippen LogP contribution in [0.5, 0.6) is 0 Å². The summed E-state index contributed by atoms with van der Waals surface area (Å²) >= 11 is 0. The van der Waals surface area contributed by atoms with E-state index in [1.165, 1.54) is 12.1 Å². The van der Waals surface area contributed by atoms with Crippen LogP contribution < -0.4 is 5.32 Å². The summed E-state index contributed by atoms with van der Waals surface area (Å²) in [5.41, 5.74) is 1.61. The van der Waals surface area contributed by atoms with Crippen molar-refractivity contribution in [3.63, 3.8) is 0 Å². The first-order valence-electron chi connectivity index (χ1n) is 6.71. The molecule has 3 heteroatoms. The molecule has 3 rings (SSSR count). The normalized spacial score (nSPS) is 24.5. The first kappa shape index (κ1) is 12.7. The van der Waals surface area contributed by atoms with E-state index in [1.807, 2.05) is 30.3 Å². The molecular formula is C17H15FN2. The third-order valence-corrected chi connectivity index (χ3v) is 3.95. The van der Waals surface area contributed by atoms with Gasteiger partial charge in [0.25, 0.3) is 0 Å². The first-order chi connectivity index (χ1) is 9.72. The second-order valence-electron chi connectivity index (χ2n) is 5.32. The zero-order chi connectivity index (χ0) is 14.0. The summed E-state index contributed by atoms with van der Waals surface area (Å²) < 4.78 is 12.8. The third-order valence-electron chi connectivity index (χ3n) is 3.95. The fourth-order valence-electron chi connectivity index (χ4n) is 2.81. The van der Waals surface area contributed by atoms with Crippen molar-refractivity contribution in [1.82, 2.24) is 0 Å². The second-order valence-corrected chi connectivity index (χ2v) is 5.32. The van der Waals surface area contributed by atoms with Crippen LogP contribution in [0.2, 0.25) is 0 Å². The van der Waals surface area contributed by atoms with Gasteiger partial charge in [0.05, 0.1) is 11.5 Å². The maximum Gasteiger partial charge on any atom is 0.123 e. The predicted molar refractivity (Wildman–Crippen MR) is 76.8 cm³/mol.